The average Bonchev–Trinajstić information content (AvgIpc) is 2.94. The smallest absolute Gasteiger partial charge is 0.166 e. The number of rotatable bonds is 2. The maximum absolute atomic E-state index is 5.54. The Hall–Kier alpha value is -0.310. The Balaban J connectivity index is 1.42. The minimum absolute atomic E-state index is 0.624. The summed E-state index contributed by atoms with van der Waals surface area (Å²) in [6.07, 6.45) is 15.3. The number of hydrogen-bond donors (Lipinski definition) is 2. The molecule has 19 heavy (non-hydrogen) atoms. The molecule has 3 aliphatic carbocycles. The van der Waals surface area contributed by atoms with E-state index < -0.39 is 0 Å². The maximum atomic E-state index is 5.54. The van der Waals surface area contributed by atoms with Gasteiger partial charge < -0.3 is 10.6 Å². The van der Waals surface area contributed by atoms with Crippen LogP contribution >= 0.6 is 12.2 Å². The Kier molecular flexibility index (Phi) is 4.62. The second-order valence-corrected chi connectivity index (χ2v) is 7.35. The molecular formula is C16H28N2S. The molecule has 0 aromatic heterocycles. The van der Waals surface area contributed by atoms with Crippen LogP contribution in [-0.4, -0.2) is 17.2 Å². The van der Waals surface area contributed by atoms with Gasteiger partial charge in [-0.05, 0) is 56.2 Å². The van der Waals surface area contributed by atoms with Crippen molar-refractivity contribution in [3.8, 4) is 0 Å². The van der Waals surface area contributed by atoms with Crippen molar-refractivity contribution in [3.05, 3.63) is 0 Å². The summed E-state index contributed by atoms with van der Waals surface area (Å²) in [5.74, 6) is 1.90. The third kappa shape index (κ3) is 3.62. The van der Waals surface area contributed by atoms with Gasteiger partial charge in [0.05, 0.1) is 0 Å². The summed E-state index contributed by atoms with van der Waals surface area (Å²) in [5, 5.41) is 8.14. The third-order valence-corrected chi connectivity index (χ3v) is 5.73. The fraction of sp³-hybridized carbons (Fsp3) is 0.938. The molecule has 0 heterocycles. The van der Waals surface area contributed by atoms with Crippen LogP contribution in [0.4, 0.5) is 0 Å². The molecule has 108 valence electrons. The van der Waals surface area contributed by atoms with E-state index in [2.05, 4.69) is 10.6 Å². The van der Waals surface area contributed by atoms with Crippen LogP contribution in [-0.2, 0) is 0 Å². The molecule has 2 bridgehead atoms. The molecule has 3 rings (SSSR count). The zero-order valence-electron chi connectivity index (χ0n) is 12.0. The second kappa shape index (κ2) is 6.43. The monoisotopic (exact) mass is 280 g/mol. The van der Waals surface area contributed by atoms with Crippen LogP contribution in [0.1, 0.15) is 70.6 Å². The van der Waals surface area contributed by atoms with Crippen molar-refractivity contribution in [1.29, 1.82) is 0 Å². The molecule has 0 radical (unpaired) electrons. The molecule has 2 nitrogen and oxygen atoms in total. The lowest BCUT2D eigenvalue weighted by molar-refractivity contribution is 0.382. The van der Waals surface area contributed by atoms with Crippen LogP contribution in [0.2, 0.25) is 0 Å². The van der Waals surface area contributed by atoms with Crippen LogP contribution in [0.25, 0.3) is 0 Å². The topological polar surface area (TPSA) is 24.1 Å². The van der Waals surface area contributed by atoms with Crippen molar-refractivity contribution in [2.24, 2.45) is 11.8 Å². The van der Waals surface area contributed by atoms with Gasteiger partial charge in [-0.25, -0.2) is 0 Å². The molecule has 2 N–H and O–H groups in total. The highest BCUT2D eigenvalue weighted by molar-refractivity contribution is 7.80. The Labute approximate surface area is 123 Å². The largest absolute Gasteiger partial charge is 0.360 e. The van der Waals surface area contributed by atoms with E-state index in [0.29, 0.717) is 12.1 Å². The zero-order valence-corrected chi connectivity index (χ0v) is 12.8. The lowest BCUT2D eigenvalue weighted by atomic mass is 9.95. The summed E-state index contributed by atoms with van der Waals surface area (Å²) in [6, 6.07) is 1.30. The van der Waals surface area contributed by atoms with E-state index in [1.54, 1.807) is 0 Å². The van der Waals surface area contributed by atoms with E-state index in [9.17, 15) is 0 Å². The molecule has 0 spiro atoms. The Bertz CT molecular complexity index is 310. The van der Waals surface area contributed by atoms with Crippen molar-refractivity contribution in [2.75, 3.05) is 0 Å². The lowest BCUT2D eigenvalue weighted by Gasteiger charge is -2.28. The van der Waals surface area contributed by atoms with Crippen molar-refractivity contribution in [3.63, 3.8) is 0 Å². The Morgan fingerprint density at radius 2 is 1.53 bits per heavy atom. The predicted octanol–water partition coefficient (Wildman–Crippen LogP) is 3.75. The fourth-order valence-corrected chi connectivity index (χ4v) is 4.74. The highest BCUT2D eigenvalue weighted by atomic mass is 32.1. The summed E-state index contributed by atoms with van der Waals surface area (Å²) >= 11 is 5.54. The van der Waals surface area contributed by atoms with Gasteiger partial charge in [-0.15, -0.1) is 0 Å². The first-order valence-electron chi connectivity index (χ1n) is 8.38. The SMILES string of the molecule is S=C(NC1CCCCCCC1)N[C@H]1C[C@H]2CC[C@@H]1C2. The number of hydrogen-bond acceptors (Lipinski definition) is 1. The van der Waals surface area contributed by atoms with Gasteiger partial charge in [-0.1, -0.05) is 38.5 Å². The molecular weight excluding hydrogens is 252 g/mol. The molecule has 3 aliphatic rings. The van der Waals surface area contributed by atoms with E-state index in [1.807, 2.05) is 0 Å². The van der Waals surface area contributed by atoms with Gasteiger partial charge in [0.1, 0.15) is 0 Å². The van der Waals surface area contributed by atoms with Gasteiger partial charge in [0.15, 0.2) is 5.11 Å². The summed E-state index contributed by atoms with van der Waals surface area (Å²) in [4.78, 5) is 0. The first kappa shape index (κ1) is 13.7. The lowest BCUT2D eigenvalue weighted by Crippen LogP contribution is -2.47. The Morgan fingerprint density at radius 1 is 0.789 bits per heavy atom. The van der Waals surface area contributed by atoms with E-state index in [-0.39, 0.29) is 0 Å². The number of fused-ring (bicyclic) bond motifs is 2. The van der Waals surface area contributed by atoms with Crippen molar-refractivity contribution in [1.82, 2.24) is 10.6 Å². The van der Waals surface area contributed by atoms with Crippen molar-refractivity contribution >= 4 is 17.3 Å². The quantitative estimate of drug-likeness (QED) is 0.753. The second-order valence-electron chi connectivity index (χ2n) is 6.94. The summed E-state index contributed by atoms with van der Waals surface area (Å²) < 4.78 is 0. The van der Waals surface area contributed by atoms with Crippen LogP contribution in [0, 0.1) is 11.8 Å². The molecule has 0 aliphatic heterocycles. The van der Waals surface area contributed by atoms with Crippen LogP contribution in [0.15, 0.2) is 0 Å². The van der Waals surface area contributed by atoms with Gasteiger partial charge >= 0.3 is 0 Å². The van der Waals surface area contributed by atoms with Gasteiger partial charge in [0.25, 0.3) is 0 Å². The van der Waals surface area contributed by atoms with E-state index >= 15 is 0 Å². The molecule has 3 saturated carbocycles. The van der Waals surface area contributed by atoms with Crippen LogP contribution < -0.4 is 10.6 Å². The minimum Gasteiger partial charge on any atom is -0.360 e. The summed E-state index contributed by atoms with van der Waals surface area (Å²) in [5.41, 5.74) is 0. The van der Waals surface area contributed by atoms with E-state index in [4.69, 9.17) is 12.2 Å². The van der Waals surface area contributed by atoms with E-state index in [0.717, 1.165) is 16.9 Å². The highest BCUT2D eigenvalue weighted by Crippen LogP contribution is 2.44. The molecule has 0 unspecified atom stereocenters. The first-order chi connectivity index (χ1) is 9.31. The molecule has 0 aromatic rings. The van der Waals surface area contributed by atoms with Gasteiger partial charge in [-0.3, -0.25) is 0 Å². The van der Waals surface area contributed by atoms with Crippen LogP contribution in [0.5, 0.6) is 0 Å². The molecule has 3 heteroatoms. The van der Waals surface area contributed by atoms with Gasteiger partial charge in [0, 0.05) is 12.1 Å². The van der Waals surface area contributed by atoms with Crippen molar-refractivity contribution in [2.45, 2.75) is 82.7 Å². The maximum Gasteiger partial charge on any atom is 0.166 e. The summed E-state index contributed by atoms with van der Waals surface area (Å²) in [6.45, 7) is 0. The number of thiocarbonyl (C=S) groups is 1. The van der Waals surface area contributed by atoms with Gasteiger partial charge in [0.2, 0.25) is 0 Å². The molecule has 3 atom stereocenters. The average molecular weight is 280 g/mol. The highest BCUT2D eigenvalue weighted by Gasteiger charge is 2.39. The molecule has 0 amide bonds. The molecule has 0 aromatic carbocycles. The summed E-state index contributed by atoms with van der Waals surface area (Å²) in [7, 11) is 0. The Morgan fingerprint density at radius 3 is 2.16 bits per heavy atom. The minimum atomic E-state index is 0.624. The molecule has 0 saturated heterocycles. The van der Waals surface area contributed by atoms with E-state index in [1.165, 1.54) is 70.6 Å². The zero-order chi connectivity index (χ0) is 13.1. The van der Waals surface area contributed by atoms with Gasteiger partial charge in [-0.2, -0.15) is 0 Å². The predicted molar refractivity (Wildman–Crippen MR) is 84.2 cm³/mol. The first-order valence-corrected chi connectivity index (χ1v) is 8.79. The normalized spacial score (nSPS) is 35.7. The van der Waals surface area contributed by atoms with Crippen molar-refractivity contribution < 1.29 is 0 Å². The number of nitrogens with one attached hydrogen (secondary N) is 2. The molecule has 3 fully saturated rings. The third-order valence-electron chi connectivity index (χ3n) is 5.49. The fourth-order valence-electron chi connectivity index (χ4n) is 4.42. The standard InChI is InChI=1S/C16H28N2S/c19-16(17-14-6-4-2-1-3-5-7-14)18-15-11-12-8-9-13(15)10-12/h12-15H,1-11H2,(H2,17,18,19)/t12-,13+,15-/m0/s1. The van der Waals surface area contributed by atoms with Crippen LogP contribution in [0.3, 0.4) is 0 Å².